The molecule has 1 aliphatic rings. The van der Waals surface area contributed by atoms with Crippen molar-refractivity contribution in [1.82, 2.24) is 4.90 Å². The number of halogens is 1. The van der Waals surface area contributed by atoms with Crippen molar-refractivity contribution in [3.8, 4) is 17.2 Å². The fourth-order valence-electron chi connectivity index (χ4n) is 4.67. The minimum atomic E-state index is -0.637. The maximum atomic E-state index is 13.7. The van der Waals surface area contributed by atoms with E-state index in [1.165, 1.54) is 0 Å². The SMILES string of the molecule is COc1cccc(C2c3c(oc4ccc(Cl)cc4c3=O)C(=O)N2CCc2ccc(OC)c(OC)c2)c1. The van der Waals surface area contributed by atoms with E-state index in [-0.39, 0.29) is 17.1 Å². The quantitative estimate of drug-likeness (QED) is 0.341. The van der Waals surface area contributed by atoms with E-state index in [0.29, 0.717) is 51.8 Å². The number of nitrogens with zero attached hydrogens (tertiary/aromatic N) is 1. The summed E-state index contributed by atoms with van der Waals surface area (Å²) in [5, 5.41) is 0.756. The Hall–Kier alpha value is -3.97. The third-order valence-corrected chi connectivity index (χ3v) is 6.66. The average molecular weight is 506 g/mol. The molecular weight excluding hydrogens is 482 g/mol. The highest BCUT2D eigenvalue weighted by Crippen LogP contribution is 2.39. The predicted molar refractivity (Wildman–Crippen MR) is 137 cm³/mol. The number of benzene rings is 3. The molecule has 184 valence electrons. The van der Waals surface area contributed by atoms with E-state index in [1.807, 2.05) is 42.5 Å². The molecule has 0 saturated heterocycles. The molecule has 1 aromatic heterocycles. The van der Waals surface area contributed by atoms with E-state index in [2.05, 4.69) is 0 Å². The topological polar surface area (TPSA) is 78.2 Å². The molecule has 0 radical (unpaired) electrons. The van der Waals surface area contributed by atoms with Crippen molar-refractivity contribution in [3.05, 3.63) is 98.4 Å². The first-order valence-electron chi connectivity index (χ1n) is 11.4. The van der Waals surface area contributed by atoms with Gasteiger partial charge in [0.1, 0.15) is 11.3 Å². The predicted octanol–water partition coefficient (Wildman–Crippen LogP) is 5.26. The van der Waals surface area contributed by atoms with Gasteiger partial charge in [0.25, 0.3) is 5.91 Å². The number of rotatable bonds is 7. The van der Waals surface area contributed by atoms with Crippen LogP contribution in [0.3, 0.4) is 0 Å². The Morgan fingerprint density at radius 2 is 1.72 bits per heavy atom. The number of amides is 1. The maximum absolute atomic E-state index is 13.7. The van der Waals surface area contributed by atoms with Gasteiger partial charge >= 0.3 is 0 Å². The number of methoxy groups -OCH3 is 3. The zero-order valence-electron chi connectivity index (χ0n) is 20.0. The van der Waals surface area contributed by atoms with Crippen LogP contribution < -0.4 is 19.6 Å². The van der Waals surface area contributed by atoms with E-state index in [4.69, 9.17) is 30.2 Å². The molecule has 1 aliphatic heterocycles. The van der Waals surface area contributed by atoms with Crippen molar-refractivity contribution in [2.24, 2.45) is 0 Å². The highest BCUT2D eigenvalue weighted by atomic mass is 35.5. The molecule has 0 bridgehead atoms. The second-order valence-corrected chi connectivity index (χ2v) is 8.87. The summed E-state index contributed by atoms with van der Waals surface area (Å²) < 4.78 is 22.1. The minimum Gasteiger partial charge on any atom is -0.497 e. The van der Waals surface area contributed by atoms with Crippen LogP contribution >= 0.6 is 11.6 Å². The molecular formula is C28H24ClNO6. The molecule has 1 amide bonds. The molecule has 1 atom stereocenters. The largest absolute Gasteiger partial charge is 0.497 e. The fourth-order valence-corrected chi connectivity index (χ4v) is 4.84. The Morgan fingerprint density at radius 3 is 2.47 bits per heavy atom. The Morgan fingerprint density at radius 1 is 0.917 bits per heavy atom. The fraction of sp³-hybridized carbons (Fsp3) is 0.214. The van der Waals surface area contributed by atoms with Crippen molar-refractivity contribution < 1.29 is 23.4 Å². The number of hydrogen-bond acceptors (Lipinski definition) is 6. The van der Waals surface area contributed by atoms with Gasteiger partial charge in [-0.2, -0.15) is 0 Å². The molecule has 7 nitrogen and oxygen atoms in total. The molecule has 1 unspecified atom stereocenters. The molecule has 2 heterocycles. The van der Waals surface area contributed by atoms with Crippen molar-refractivity contribution in [1.29, 1.82) is 0 Å². The van der Waals surface area contributed by atoms with Crippen molar-refractivity contribution in [2.75, 3.05) is 27.9 Å². The van der Waals surface area contributed by atoms with Gasteiger partial charge < -0.3 is 23.5 Å². The van der Waals surface area contributed by atoms with E-state index >= 15 is 0 Å². The summed E-state index contributed by atoms with van der Waals surface area (Å²) in [6.45, 7) is 0.344. The zero-order chi connectivity index (χ0) is 25.4. The van der Waals surface area contributed by atoms with Gasteiger partial charge in [0, 0.05) is 11.6 Å². The van der Waals surface area contributed by atoms with Crippen LogP contribution in [0.5, 0.6) is 17.2 Å². The number of carbonyl (C=O) groups excluding carboxylic acids is 1. The normalized spacial score (nSPS) is 14.7. The van der Waals surface area contributed by atoms with Crippen LogP contribution in [0.2, 0.25) is 5.02 Å². The van der Waals surface area contributed by atoms with E-state index in [0.717, 1.165) is 11.1 Å². The highest BCUT2D eigenvalue weighted by molar-refractivity contribution is 6.31. The second kappa shape index (κ2) is 9.59. The summed E-state index contributed by atoms with van der Waals surface area (Å²) >= 11 is 6.16. The van der Waals surface area contributed by atoms with Gasteiger partial charge in [0.05, 0.1) is 38.3 Å². The lowest BCUT2D eigenvalue weighted by atomic mass is 9.98. The third-order valence-electron chi connectivity index (χ3n) is 6.43. The van der Waals surface area contributed by atoms with Crippen LogP contribution in [0.25, 0.3) is 11.0 Å². The molecule has 0 aliphatic carbocycles. The van der Waals surface area contributed by atoms with Gasteiger partial charge in [-0.15, -0.1) is 0 Å². The molecule has 4 aromatic rings. The Balaban J connectivity index is 1.60. The standard InChI is InChI=1S/C28H24ClNO6/c1-33-19-6-4-5-17(14-19)25-24-26(31)20-15-18(29)8-10-21(20)36-27(24)28(32)30(25)12-11-16-7-9-22(34-2)23(13-16)35-3/h4-10,13-15,25H,11-12H2,1-3H3. The number of fused-ring (bicyclic) bond motifs is 2. The number of ether oxygens (including phenoxy) is 3. The first kappa shape index (κ1) is 23.8. The second-order valence-electron chi connectivity index (χ2n) is 8.43. The Kier molecular flexibility index (Phi) is 6.33. The van der Waals surface area contributed by atoms with E-state index in [9.17, 15) is 9.59 Å². The molecule has 0 fully saturated rings. The molecule has 0 N–H and O–H groups in total. The molecule has 3 aromatic carbocycles. The van der Waals surface area contributed by atoms with Gasteiger partial charge in [-0.25, -0.2) is 0 Å². The molecule has 5 rings (SSSR count). The van der Waals surface area contributed by atoms with Crippen molar-refractivity contribution >= 4 is 28.5 Å². The van der Waals surface area contributed by atoms with Gasteiger partial charge in [-0.3, -0.25) is 9.59 Å². The maximum Gasteiger partial charge on any atom is 0.290 e. The summed E-state index contributed by atoms with van der Waals surface area (Å²) in [7, 11) is 4.73. The smallest absolute Gasteiger partial charge is 0.290 e. The summed E-state index contributed by atoms with van der Waals surface area (Å²) in [6, 6.07) is 17.2. The summed E-state index contributed by atoms with van der Waals surface area (Å²) in [6.07, 6.45) is 0.528. The molecule has 8 heteroatoms. The van der Waals surface area contributed by atoms with Crippen LogP contribution in [0.15, 0.2) is 69.9 Å². The van der Waals surface area contributed by atoms with Crippen molar-refractivity contribution in [2.45, 2.75) is 12.5 Å². The van der Waals surface area contributed by atoms with Crippen LogP contribution in [0, 0.1) is 0 Å². The van der Waals surface area contributed by atoms with Gasteiger partial charge in [-0.1, -0.05) is 29.8 Å². The molecule has 0 spiro atoms. The van der Waals surface area contributed by atoms with Crippen LogP contribution in [-0.4, -0.2) is 38.7 Å². The van der Waals surface area contributed by atoms with Crippen LogP contribution in [0.1, 0.15) is 33.3 Å². The van der Waals surface area contributed by atoms with Gasteiger partial charge in [-0.05, 0) is 60.0 Å². The zero-order valence-corrected chi connectivity index (χ0v) is 20.8. The van der Waals surface area contributed by atoms with E-state index in [1.54, 1.807) is 44.4 Å². The molecule has 36 heavy (non-hydrogen) atoms. The Bertz CT molecular complexity index is 1530. The lowest BCUT2D eigenvalue weighted by Crippen LogP contribution is -2.31. The highest BCUT2D eigenvalue weighted by Gasteiger charge is 2.42. The first-order chi connectivity index (χ1) is 17.4. The number of hydrogen-bond donors (Lipinski definition) is 0. The summed E-state index contributed by atoms with van der Waals surface area (Å²) in [5.74, 6) is 1.57. The summed E-state index contributed by atoms with van der Waals surface area (Å²) in [5.41, 5.74) is 2.06. The Labute approximate surface area is 212 Å². The van der Waals surface area contributed by atoms with Gasteiger partial charge in [0.15, 0.2) is 16.9 Å². The number of carbonyl (C=O) groups is 1. The molecule has 0 saturated carbocycles. The summed E-state index contributed by atoms with van der Waals surface area (Å²) in [4.78, 5) is 29.0. The van der Waals surface area contributed by atoms with Crippen LogP contribution in [0.4, 0.5) is 0 Å². The lowest BCUT2D eigenvalue weighted by molar-refractivity contribution is 0.0730. The van der Waals surface area contributed by atoms with Gasteiger partial charge in [0.2, 0.25) is 5.76 Å². The first-order valence-corrected chi connectivity index (χ1v) is 11.7. The minimum absolute atomic E-state index is 0.0509. The van der Waals surface area contributed by atoms with Crippen molar-refractivity contribution in [3.63, 3.8) is 0 Å². The lowest BCUT2D eigenvalue weighted by Gasteiger charge is -2.25. The van der Waals surface area contributed by atoms with Crippen LogP contribution in [-0.2, 0) is 6.42 Å². The monoisotopic (exact) mass is 505 g/mol. The average Bonchev–Trinajstić information content (AvgIpc) is 3.19. The van der Waals surface area contributed by atoms with E-state index < -0.39 is 6.04 Å². The third kappa shape index (κ3) is 4.05.